The number of amides is 1. The molecule has 2 rings (SSSR count). The molecule has 0 saturated heterocycles. The molecule has 1 amide bonds. The summed E-state index contributed by atoms with van der Waals surface area (Å²) in [5.41, 5.74) is -3.80. The van der Waals surface area contributed by atoms with Crippen molar-refractivity contribution in [2.24, 2.45) is 0 Å². The molecule has 0 fully saturated rings. The number of benzene rings is 2. The smallest absolute Gasteiger partial charge is 0.416 e. The molecule has 0 spiro atoms. The van der Waals surface area contributed by atoms with Crippen LogP contribution in [0.5, 0.6) is 0 Å². The fourth-order valence-corrected chi connectivity index (χ4v) is 2.76. The monoisotopic (exact) mass is 453 g/mol. The first-order chi connectivity index (χ1) is 13.8. The van der Waals surface area contributed by atoms with Crippen molar-refractivity contribution in [2.45, 2.75) is 24.8 Å². The van der Waals surface area contributed by atoms with E-state index in [0.29, 0.717) is 5.56 Å². The lowest BCUT2D eigenvalue weighted by atomic mass is 10.0. The number of hydrogen-bond acceptors (Lipinski definition) is 3. The average molecular weight is 454 g/mol. The van der Waals surface area contributed by atoms with Crippen LogP contribution in [0.3, 0.4) is 0 Å². The topological polar surface area (TPSA) is 55.4 Å². The van der Waals surface area contributed by atoms with Crippen LogP contribution in [0.15, 0.2) is 42.5 Å². The number of carbonyl (C=O) groups excluding carboxylic acids is 2. The standard InChI is InChI=1S/C19H14ClF6NO3/c1-30-17(29)15(8-10-4-2-3-5-14(10)20)27-16(28)11-6-12(18(21,22)23)9-13(7-11)19(24,25)26/h2-7,9,15H,8H2,1H3,(H,27,28)/t15-/m0/s1. The molecular weight excluding hydrogens is 440 g/mol. The highest BCUT2D eigenvalue weighted by Crippen LogP contribution is 2.36. The molecule has 0 radical (unpaired) electrons. The van der Waals surface area contributed by atoms with Crippen molar-refractivity contribution in [1.29, 1.82) is 0 Å². The highest BCUT2D eigenvalue weighted by atomic mass is 35.5. The first-order valence-electron chi connectivity index (χ1n) is 8.24. The second-order valence-electron chi connectivity index (χ2n) is 6.14. The first kappa shape index (κ1) is 23.5. The lowest BCUT2D eigenvalue weighted by Gasteiger charge is -2.19. The molecule has 2 aromatic carbocycles. The molecule has 4 nitrogen and oxygen atoms in total. The van der Waals surface area contributed by atoms with Crippen LogP contribution in [0.2, 0.25) is 5.02 Å². The quantitative estimate of drug-likeness (QED) is 0.518. The molecule has 0 bridgehead atoms. The summed E-state index contributed by atoms with van der Waals surface area (Å²) in [4.78, 5) is 24.4. The Bertz CT molecular complexity index is 910. The minimum atomic E-state index is -5.12. The van der Waals surface area contributed by atoms with Gasteiger partial charge in [0.15, 0.2) is 0 Å². The van der Waals surface area contributed by atoms with Crippen molar-refractivity contribution in [3.8, 4) is 0 Å². The largest absolute Gasteiger partial charge is 0.467 e. The second-order valence-corrected chi connectivity index (χ2v) is 6.55. The third-order valence-corrected chi connectivity index (χ3v) is 4.39. The third kappa shape index (κ3) is 5.88. The van der Waals surface area contributed by atoms with Gasteiger partial charge in [-0.1, -0.05) is 29.8 Å². The van der Waals surface area contributed by atoms with E-state index in [1.165, 1.54) is 12.1 Å². The maximum Gasteiger partial charge on any atom is 0.416 e. The van der Waals surface area contributed by atoms with Crippen molar-refractivity contribution >= 4 is 23.5 Å². The normalized spacial score (nSPS) is 12.9. The molecule has 0 aromatic heterocycles. The molecule has 0 aliphatic heterocycles. The van der Waals surface area contributed by atoms with Gasteiger partial charge in [-0.3, -0.25) is 4.79 Å². The van der Waals surface area contributed by atoms with E-state index >= 15 is 0 Å². The number of nitrogens with one attached hydrogen (secondary N) is 1. The summed E-state index contributed by atoms with van der Waals surface area (Å²) in [6.07, 6.45) is -10.4. The van der Waals surface area contributed by atoms with Crippen LogP contribution in [0, 0.1) is 0 Å². The van der Waals surface area contributed by atoms with Crippen LogP contribution in [-0.4, -0.2) is 25.0 Å². The molecule has 1 atom stereocenters. The van der Waals surface area contributed by atoms with E-state index in [0.717, 1.165) is 7.11 Å². The van der Waals surface area contributed by atoms with Crippen molar-refractivity contribution in [2.75, 3.05) is 7.11 Å². The van der Waals surface area contributed by atoms with E-state index < -0.39 is 47.0 Å². The number of alkyl halides is 6. The van der Waals surface area contributed by atoms with Crippen LogP contribution < -0.4 is 5.32 Å². The molecule has 11 heteroatoms. The predicted octanol–water partition coefficient (Wildman–Crippen LogP) is 4.89. The zero-order chi connectivity index (χ0) is 22.7. The van der Waals surface area contributed by atoms with Gasteiger partial charge >= 0.3 is 18.3 Å². The van der Waals surface area contributed by atoms with Gasteiger partial charge in [-0.2, -0.15) is 26.3 Å². The van der Waals surface area contributed by atoms with E-state index in [9.17, 15) is 35.9 Å². The van der Waals surface area contributed by atoms with Gasteiger partial charge in [0.2, 0.25) is 0 Å². The zero-order valence-electron chi connectivity index (χ0n) is 15.2. The van der Waals surface area contributed by atoms with E-state index in [1.807, 2.05) is 0 Å². The number of halogens is 7. The minimum absolute atomic E-state index is 0.0989. The Hall–Kier alpha value is -2.75. The molecule has 0 saturated carbocycles. The number of methoxy groups -OCH3 is 1. The van der Waals surface area contributed by atoms with Crippen molar-refractivity contribution in [3.05, 3.63) is 69.7 Å². The zero-order valence-corrected chi connectivity index (χ0v) is 16.0. The van der Waals surface area contributed by atoms with Gasteiger partial charge in [-0.05, 0) is 29.8 Å². The van der Waals surface area contributed by atoms with Gasteiger partial charge in [0, 0.05) is 17.0 Å². The fourth-order valence-electron chi connectivity index (χ4n) is 2.55. The maximum absolute atomic E-state index is 13.0. The SMILES string of the molecule is COC(=O)[C@H](Cc1ccccc1Cl)NC(=O)c1cc(C(F)(F)F)cc(C(F)(F)F)c1. The third-order valence-electron chi connectivity index (χ3n) is 4.02. The van der Waals surface area contributed by atoms with Gasteiger partial charge in [0.05, 0.1) is 18.2 Å². The van der Waals surface area contributed by atoms with Crippen LogP contribution >= 0.6 is 11.6 Å². The van der Waals surface area contributed by atoms with E-state index in [4.69, 9.17) is 11.6 Å². The Morgan fingerprint density at radius 2 is 1.53 bits per heavy atom. The van der Waals surface area contributed by atoms with Crippen molar-refractivity contribution in [1.82, 2.24) is 5.32 Å². The van der Waals surface area contributed by atoms with E-state index in [2.05, 4.69) is 10.1 Å². The molecule has 1 N–H and O–H groups in total. The van der Waals surface area contributed by atoms with E-state index in [1.54, 1.807) is 12.1 Å². The average Bonchev–Trinajstić information content (AvgIpc) is 2.66. The van der Waals surface area contributed by atoms with Crippen LogP contribution in [0.25, 0.3) is 0 Å². The molecule has 2 aromatic rings. The summed E-state index contributed by atoms with van der Waals surface area (Å²) in [6.45, 7) is 0. The number of hydrogen-bond donors (Lipinski definition) is 1. The second kappa shape index (κ2) is 8.95. The Morgan fingerprint density at radius 3 is 2.00 bits per heavy atom. The van der Waals surface area contributed by atoms with Crippen LogP contribution in [-0.2, 0) is 28.3 Å². The Morgan fingerprint density at radius 1 is 1.00 bits per heavy atom. The Labute approximate surface area is 171 Å². The fraction of sp³-hybridized carbons (Fsp3) is 0.263. The highest BCUT2D eigenvalue weighted by Gasteiger charge is 2.38. The summed E-state index contributed by atoms with van der Waals surface area (Å²) < 4.78 is 82.5. The summed E-state index contributed by atoms with van der Waals surface area (Å²) in [5.74, 6) is -2.26. The lowest BCUT2D eigenvalue weighted by Crippen LogP contribution is -2.43. The number of ether oxygens (including phenoxy) is 1. The molecule has 162 valence electrons. The summed E-state index contributed by atoms with van der Waals surface area (Å²) in [7, 11) is 1.01. The first-order valence-corrected chi connectivity index (χ1v) is 8.62. The number of esters is 1. The van der Waals surface area contributed by atoms with Crippen LogP contribution in [0.1, 0.15) is 27.0 Å². The summed E-state index contributed by atoms with van der Waals surface area (Å²) >= 11 is 6.00. The number of rotatable bonds is 5. The van der Waals surface area contributed by atoms with Gasteiger partial charge in [-0.15, -0.1) is 0 Å². The molecule has 30 heavy (non-hydrogen) atoms. The summed E-state index contributed by atoms with van der Waals surface area (Å²) in [6, 6.07) is 5.30. The molecular formula is C19H14ClF6NO3. The maximum atomic E-state index is 13.0. The van der Waals surface area contributed by atoms with Crippen molar-refractivity contribution in [3.63, 3.8) is 0 Å². The molecule has 0 aliphatic rings. The minimum Gasteiger partial charge on any atom is -0.467 e. The van der Waals surface area contributed by atoms with E-state index in [-0.39, 0.29) is 29.6 Å². The van der Waals surface area contributed by atoms with Gasteiger partial charge in [0.1, 0.15) is 6.04 Å². The van der Waals surface area contributed by atoms with Crippen LogP contribution in [0.4, 0.5) is 26.3 Å². The molecule has 0 unspecified atom stereocenters. The Balaban J connectivity index is 2.39. The Kier molecular flexibility index (Phi) is 7.02. The predicted molar refractivity (Wildman–Crippen MR) is 94.9 cm³/mol. The lowest BCUT2D eigenvalue weighted by molar-refractivity contribution is -0.144. The number of carbonyl (C=O) groups is 2. The molecule has 0 aliphatic carbocycles. The summed E-state index contributed by atoms with van der Waals surface area (Å²) in [5, 5.41) is 2.36. The van der Waals surface area contributed by atoms with Gasteiger partial charge in [-0.25, -0.2) is 4.79 Å². The molecule has 0 heterocycles. The van der Waals surface area contributed by atoms with Crippen molar-refractivity contribution < 1.29 is 40.7 Å². The van der Waals surface area contributed by atoms with Gasteiger partial charge < -0.3 is 10.1 Å². The highest BCUT2D eigenvalue weighted by molar-refractivity contribution is 6.31. The van der Waals surface area contributed by atoms with Gasteiger partial charge in [0.25, 0.3) is 5.91 Å².